The highest BCUT2D eigenvalue weighted by Crippen LogP contribution is 2.35. The second-order valence-corrected chi connectivity index (χ2v) is 3.50. The van der Waals surface area contributed by atoms with Gasteiger partial charge in [-0.3, -0.25) is 9.59 Å². The van der Waals surface area contributed by atoms with E-state index in [0.29, 0.717) is 17.1 Å². The van der Waals surface area contributed by atoms with E-state index >= 15 is 0 Å². The Hall–Kier alpha value is -2.24. The molecule has 0 aromatic heterocycles. The number of carboxylic acids is 1. The van der Waals surface area contributed by atoms with Crippen molar-refractivity contribution < 1.29 is 24.2 Å². The van der Waals surface area contributed by atoms with Crippen LogP contribution in [0.2, 0.25) is 0 Å². The van der Waals surface area contributed by atoms with Crippen molar-refractivity contribution in [3.05, 3.63) is 23.8 Å². The second kappa shape index (κ2) is 4.73. The van der Waals surface area contributed by atoms with Gasteiger partial charge in [-0.2, -0.15) is 0 Å². The molecule has 17 heavy (non-hydrogen) atoms. The summed E-state index contributed by atoms with van der Waals surface area (Å²) in [4.78, 5) is 21.7. The van der Waals surface area contributed by atoms with Gasteiger partial charge in [-0.25, -0.2) is 0 Å². The Morgan fingerprint density at radius 1 is 1.35 bits per heavy atom. The Labute approximate surface area is 97.1 Å². The molecule has 0 radical (unpaired) electrons. The number of para-hydroxylation sites is 1. The van der Waals surface area contributed by atoms with Crippen LogP contribution in [0.3, 0.4) is 0 Å². The number of carboxylic acid groups (broad SMARTS) is 1. The van der Waals surface area contributed by atoms with Crippen LogP contribution >= 0.6 is 0 Å². The number of fused-ring (bicyclic) bond motifs is 1. The van der Waals surface area contributed by atoms with Crippen LogP contribution in [-0.4, -0.2) is 30.3 Å². The van der Waals surface area contributed by atoms with Crippen LogP contribution in [0.1, 0.15) is 5.56 Å². The topological polar surface area (TPSA) is 84.9 Å². The molecule has 90 valence electrons. The summed E-state index contributed by atoms with van der Waals surface area (Å²) in [5.41, 5.74) is 0.683. The molecular weight excluding hydrogens is 226 g/mol. The molecule has 1 aliphatic rings. The van der Waals surface area contributed by atoms with E-state index in [9.17, 15) is 9.59 Å². The third-order valence-electron chi connectivity index (χ3n) is 2.27. The van der Waals surface area contributed by atoms with Gasteiger partial charge in [-0.1, -0.05) is 12.1 Å². The van der Waals surface area contributed by atoms with Crippen molar-refractivity contribution in [1.82, 2.24) is 5.32 Å². The Kier molecular flexibility index (Phi) is 3.13. The highest BCUT2D eigenvalue weighted by Gasteiger charge is 2.18. The molecule has 0 aliphatic carbocycles. The van der Waals surface area contributed by atoms with E-state index in [1.165, 1.54) is 0 Å². The number of ether oxygens (including phenoxy) is 2. The van der Waals surface area contributed by atoms with Gasteiger partial charge >= 0.3 is 5.97 Å². The van der Waals surface area contributed by atoms with E-state index in [0.717, 1.165) is 0 Å². The van der Waals surface area contributed by atoms with Crippen molar-refractivity contribution in [2.24, 2.45) is 0 Å². The maximum absolute atomic E-state index is 11.4. The average molecular weight is 237 g/mol. The third kappa shape index (κ3) is 2.66. The Morgan fingerprint density at radius 3 is 2.94 bits per heavy atom. The lowest BCUT2D eigenvalue weighted by Gasteiger charge is -2.05. The molecule has 0 spiro atoms. The Balaban J connectivity index is 2.02. The number of carbonyl (C=O) groups excluding carboxylic acids is 1. The van der Waals surface area contributed by atoms with Crippen molar-refractivity contribution >= 4 is 11.9 Å². The molecule has 0 fully saturated rings. The number of hydrogen-bond acceptors (Lipinski definition) is 4. The monoisotopic (exact) mass is 237 g/mol. The molecule has 6 heteroatoms. The van der Waals surface area contributed by atoms with Crippen LogP contribution in [0.15, 0.2) is 18.2 Å². The van der Waals surface area contributed by atoms with Gasteiger partial charge in [-0.15, -0.1) is 0 Å². The van der Waals surface area contributed by atoms with E-state index in [1.54, 1.807) is 18.2 Å². The van der Waals surface area contributed by atoms with Crippen molar-refractivity contribution in [3.63, 3.8) is 0 Å². The van der Waals surface area contributed by atoms with E-state index in [1.807, 2.05) is 0 Å². The van der Waals surface area contributed by atoms with Crippen LogP contribution in [0.4, 0.5) is 0 Å². The number of amides is 1. The molecule has 0 saturated carbocycles. The summed E-state index contributed by atoms with van der Waals surface area (Å²) in [6, 6.07) is 5.25. The van der Waals surface area contributed by atoms with Gasteiger partial charge in [0.05, 0.1) is 6.42 Å². The minimum Gasteiger partial charge on any atom is -0.480 e. The van der Waals surface area contributed by atoms with Gasteiger partial charge in [0.15, 0.2) is 11.5 Å². The predicted octanol–water partition coefficient (Wildman–Crippen LogP) is 0.159. The molecular formula is C11H11NO5. The number of carbonyl (C=O) groups is 2. The first-order valence-corrected chi connectivity index (χ1v) is 5.03. The number of benzene rings is 1. The normalized spacial score (nSPS) is 12.2. The number of aliphatic carboxylic acids is 1. The van der Waals surface area contributed by atoms with E-state index in [-0.39, 0.29) is 25.7 Å². The van der Waals surface area contributed by atoms with Gasteiger partial charge in [0.1, 0.15) is 6.54 Å². The standard InChI is InChI=1S/C11H11NO5/c13-9(12-5-10(14)15)4-7-2-1-3-8-11(7)17-6-16-8/h1-3H,4-6H2,(H,12,13)(H,14,15). The van der Waals surface area contributed by atoms with Gasteiger partial charge in [0.25, 0.3) is 0 Å². The summed E-state index contributed by atoms with van der Waals surface area (Å²) < 4.78 is 10.4. The van der Waals surface area contributed by atoms with Crippen LogP contribution in [-0.2, 0) is 16.0 Å². The average Bonchev–Trinajstić information content (AvgIpc) is 2.75. The summed E-state index contributed by atoms with van der Waals surface area (Å²) in [5.74, 6) is -0.279. The number of hydrogen-bond donors (Lipinski definition) is 2. The molecule has 0 atom stereocenters. The maximum atomic E-state index is 11.4. The highest BCUT2D eigenvalue weighted by molar-refractivity contribution is 5.83. The van der Waals surface area contributed by atoms with E-state index < -0.39 is 5.97 Å². The Bertz CT molecular complexity index is 457. The fraction of sp³-hybridized carbons (Fsp3) is 0.273. The fourth-order valence-electron chi connectivity index (χ4n) is 1.54. The first kappa shape index (κ1) is 11.3. The van der Waals surface area contributed by atoms with Gasteiger partial charge in [0, 0.05) is 5.56 Å². The summed E-state index contributed by atoms with van der Waals surface area (Å²) >= 11 is 0. The zero-order chi connectivity index (χ0) is 12.3. The highest BCUT2D eigenvalue weighted by atomic mass is 16.7. The van der Waals surface area contributed by atoms with Gasteiger partial charge in [-0.05, 0) is 6.07 Å². The summed E-state index contributed by atoms with van der Waals surface area (Å²) in [5, 5.41) is 10.7. The number of rotatable bonds is 4. The summed E-state index contributed by atoms with van der Waals surface area (Å²) in [7, 11) is 0. The second-order valence-electron chi connectivity index (χ2n) is 3.50. The lowest BCUT2D eigenvalue weighted by atomic mass is 10.1. The molecule has 0 bridgehead atoms. The first-order valence-electron chi connectivity index (χ1n) is 5.03. The molecule has 1 heterocycles. The molecule has 6 nitrogen and oxygen atoms in total. The molecule has 1 aromatic carbocycles. The lowest BCUT2D eigenvalue weighted by Crippen LogP contribution is -2.30. The number of nitrogens with one attached hydrogen (secondary N) is 1. The van der Waals surface area contributed by atoms with Crippen molar-refractivity contribution in [2.45, 2.75) is 6.42 Å². The molecule has 1 aromatic rings. The zero-order valence-corrected chi connectivity index (χ0v) is 8.93. The minimum absolute atomic E-state index is 0.0693. The van der Waals surface area contributed by atoms with Crippen LogP contribution in [0.25, 0.3) is 0 Å². The SMILES string of the molecule is O=C(O)CNC(=O)Cc1cccc2c1OCO2. The molecule has 2 N–H and O–H groups in total. The zero-order valence-electron chi connectivity index (χ0n) is 8.93. The Morgan fingerprint density at radius 2 is 2.18 bits per heavy atom. The quantitative estimate of drug-likeness (QED) is 0.779. The summed E-state index contributed by atoms with van der Waals surface area (Å²) in [6.07, 6.45) is 0.0693. The molecule has 1 amide bonds. The van der Waals surface area contributed by atoms with Crippen LogP contribution in [0.5, 0.6) is 11.5 Å². The van der Waals surface area contributed by atoms with Crippen LogP contribution < -0.4 is 14.8 Å². The molecule has 0 saturated heterocycles. The van der Waals surface area contributed by atoms with Crippen molar-refractivity contribution in [1.29, 1.82) is 0 Å². The van der Waals surface area contributed by atoms with Crippen molar-refractivity contribution in [3.8, 4) is 11.5 Å². The first-order chi connectivity index (χ1) is 8.16. The summed E-state index contributed by atoms with van der Waals surface area (Å²) in [6.45, 7) is -0.242. The maximum Gasteiger partial charge on any atom is 0.322 e. The minimum atomic E-state index is -1.07. The predicted molar refractivity (Wildman–Crippen MR) is 56.9 cm³/mol. The lowest BCUT2D eigenvalue weighted by molar-refractivity contribution is -0.137. The van der Waals surface area contributed by atoms with E-state index in [4.69, 9.17) is 14.6 Å². The molecule has 2 rings (SSSR count). The largest absolute Gasteiger partial charge is 0.480 e. The van der Waals surface area contributed by atoms with Gasteiger partial charge in [0.2, 0.25) is 12.7 Å². The third-order valence-corrected chi connectivity index (χ3v) is 2.27. The van der Waals surface area contributed by atoms with Crippen LogP contribution in [0, 0.1) is 0 Å². The molecule has 0 unspecified atom stereocenters. The molecule has 1 aliphatic heterocycles. The smallest absolute Gasteiger partial charge is 0.322 e. The fourth-order valence-corrected chi connectivity index (χ4v) is 1.54. The van der Waals surface area contributed by atoms with Crippen molar-refractivity contribution in [2.75, 3.05) is 13.3 Å². The van der Waals surface area contributed by atoms with E-state index in [2.05, 4.69) is 5.32 Å². The van der Waals surface area contributed by atoms with Gasteiger partial charge < -0.3 is 19.9 Å².